The Kier molecular flexibility index (Phi) is 1.79. The van der Waals surface area contributed by atoms with Gasteiger partial charge in [0.25, 0.3) is 0 Å². The highest BCUT2D eigenvalue weighted by molar-refractivity contribution is 6.31. The molecule has 0 saturated heterocycles. The van der Waals surface area contributed by atoms with Crippen molar-refractivity contribution in [3.05, 3.63) is 41.9 Å². The van der Waals surface area contributed by atoms with Gasteiger partial charge < -0.3 is 9.97 Å². The van der Waals surface area contributed by atoms with E-state index in [1.54, 1.807) is 12.5 Å². The number of hydrogen-bond acceptors (Lipinski definition) is 1. The first-order chi connectivity index (χ1) is 7.34. The second-order valence-corrected chi connectivity index (χ2v) is 3.79. The zero-order valence-electron chi connectivity index (χ0n) is 7.79. The van der Waals surface area contributed by atoms with Crippen LogP contribution in [0.1, 0.15) is 0 Å². The average molecular weight is 218 g/mol. The highest BCUT2D eigenvalue weighted by atomic mass is 35.5. The van der Waals surface area contributed by atoms with Gasteiger partial charge in [0.15, 0.2) is 0 Å². The molecule has 0 aliphatic heterocycles. The fourth-order valence-electron chi connectivity index (χ4n) is 1.72. The largest absolute Gasteiger partial charge is 0.360 e. The molecule has 4 heteroatoms. The number of hydrogen-bond donors (Lipinski definition) is 2. The van der Waals surface area contributed by atoms with Crippen LogP contribution < -0.4 is 0 Å². The zero-order valence-corrected chi connectivity index (χ0v) is 8.55. The lowest BCUT2D eigenvalue weighted by Crippen LogP contribution is -1.73. The molecule has 2 N–H and O–H groups in total. The summed E-state index contributed by atoms with van der Waals surface area (Å²) >= 11 is 5.97. The summed E-state index contributed by atoms with van der Waals surface area (Å²) in [5.74, 6) is 0. The zero-order chi connectivity index (χ0) is 10.3. The van der Waals surface area contributed by atoms with Gasteiger partial charge in [-0.15, -0.1) is 0 Å². The van der Waals surface area contributed by atoms with E-state index in [-0.39, 0.29) is 0 Å². The number of halogens is 1. The third-order valence-electron chi connectivity index (χ3n) is 2.43. The smallest absolute Gasteiger partial charge is 0.0924 e. The maximum Gasteiger partial charge on any atom is 0.0924 e. The summed E-state index contributed by atoms with van der Waals surface area (Å²) in [5.41, 5.74) is 3.15. The van der Waals surface area contributed by atoms with E-state index in [1.807, 2.05) is 24.4 Å². The van der Waals surface area contributed by atoms with Crippen molar-refractivity contribution in [1.29, 1.82) is 0 Å². The van der Waals surface area contributed by atoms with E-state index in [9.17, 15) is 0 Å². The highest BCUT2D eigenvalue weighted by Gasteiger charge is 2.06. The monoisotopic (exact) mass is 217 g/mol. The van der Waals surface area contributed by atoms with Crippen molar-refractivity contribution in [2.24, 2.45) is 0 Å². The fourth-order valence-corrected chi connectivity index (χ4v) is 1.89. The molecule has 0 saturated carbocycles. The Morgan fingerprint density at radius 2 is 2.13 bits per heavy atom. The van der Waals surface area contributed by atoms with Crippen molar-refractivity contribution in [3.8, 4) is 11.3 Å². The van der Waals surface area contributed by atoms with E-state index >= 15 is 0 Å². The highest BCUT2D eigenvalue weighted by Crippen LogP contribution is 2.28. The van der Waals surface area contributed by atoms with Crippen molar-refractivity contribution in [2.75, 3.05) is 0 Å². The molecule has 3 rings (SSSR count). The van der Waals surface area contributed by atoms with Crippen LogP contribution in [0.4, 0.5) is 0 Å². The maximum absolute atomic E-state index is 5.97. The molecular formula is C11H8ClN3. The SMILES string of the molecule is Clc1ccc2[nH]cc(-c3cnc[nH]3)c2c1. The normalized spacial score (nSPS) is 11.0. The number of benzene rings is 1. The lowest BCUT2D eigenvalue weighted by atomic mass is 10.1. The van der Waals surface area contributed by atoms with E-state index in [2.05, 4.69) is 15.0 Å². The van der Waals surface area contributed by atoms with Crippen molar-refractivity contribution in [2.45, 2.75) is 0 Å². The van der Waals surface area contributed by atoms with Crippen LogP contribution in [0.15, 0.2) is 36.9 Å². The molecule has 0 fully saturated rings. The van der Waals surface area contributed by atoms with Gasteiger partial charge in [0.05, 0.1) is 18.2 Å². The Balaban J connectivity index is 2.32. The van der Waals surface area contributed by atoms with Crippen molar-refractivity contribution < 1.29 is 0 Å². The molecule has 0 bridgehead atoms. The first-order valence-electron chi connectivity index (χ1n) is 4.60. The Labute approximate surface area is 91.1 Å². The molecule has 0 unspecified atom stereocenters. The lowest BCUT2D eigenvalue weighted by molar-refractivity contribution is 1.31. The summed E-state index contributed by atoms with van der Waals surface area (Å²) in [6.45, 7) is 0. The molecular weight excluding hydrogens is 210 g/mol. The molecule has 0 aliphatic carbocycles. The number of aromatic amines is 2. The van der Waals surface area contributed by atoms with E-state index in [4.69, 9.17) is 11.6 Å². The second kappa shape index (κ2) is 3.14. The summed E-state index contributed by atoms with van der Waals surface area (Å²) in [4.78, 5) is 10.3. The molecule has 0 spiro atoms. The molecule has 0 amide bonds. The van der Waals surface area contributed by atoms with Gasteiger partial charge in [0.1, 0.15) is 0 Å². The number of nitrogens with zero attached hydrogens (tertiary/aromatic N) is 1. The van der Waals surface area contributed by atoms with E-state index in [1.165, 1.54) is 0 Å². The minimum absolute atomic E-state index is 0.739. The molecule has 2 aromatic heterocycles. The van der Waals surface area contributed by atoms with Crippen LogP contribution in [0.2, 0.25) is 5.02 Å². The van der Waals surface area contributed by atoms with E-state index < -0.39 is 0 Å². The van der Waals surface area contributed by atoms with E-state index in [0.717, 1.165) is 27.2 Å². The van der Waals surface area contributed by atoms with Gasteiger partial charge in [-0.05, 0) is 18.2 Å². The van der Waals surface area contributed by atoms with Crippen LogP contribution in [0.25, 0.3) is 22.2 Å². The Hall–Kier alpha value is -1.74. The molecule has 1 aromatic carbocycles. The number of fused-ring (bicyclic) bond motifs is 1. The third kappa shape index (κ3) is 1.32. The predicted molar refractivity (Wildman–Crippen MR) is 60.9 cm³/mol. The number of nitrogens with one attached hydrogen (secondary N) is 2. The van der Waals surface area contributed by atoms with Gasteiger partial charge in [-0.3, -0.25) is 0 Å². The number of rotatable bonds is 1. The van der Waals surface area contributed by atoms with Gasteiger partial charge in [-0.2, -0.15) is 0 Å². The number of H-pyrrole nitrogens is 2. The molecule has 3 nitrogen and oxygen atoms in total. The molecule has 2 heterocycles. The second-order valence-electron chi connectivity index (χ2n) is 3.36. The van der Waals surface area contributed by atoms with Crippen LogP contribution in [0.5, 0.6) is 0 Å². The Morgan fingerprint density at radius 1 is 1.20 bits per heavy atom. The van der Waals surface area contributed by atoms with Gasteiger partial charge in [0.2, 0.25) is 0 Å². The summed E-state index contributed by atoms with van der Waals surface area (Å²) < 4.78 is 0. The van der Waals surface area contributed by atoms with Crippen molar-refractivity contribution >= 4 is 22.5 Å². The first kappa shape index (κ1) is 8.56. The third-order valence-corrected chi connectivity index (χ3v) is 2.67. The van der Waals surface area contributed by atoms with Gasteiger partial charge in [-0.25, -0.2) is 4.98 Å². The Bertz CT molecular complexity index is 595. The van der Waals surface area contributed by atoms with Crippen molar-refractivity contribution in [3.63, 3.8) is 0 Å². The van der Waals surface area contributed by atoms with Crippen LogP contribution in [0, 0.1) is 0 Å². The molecule has 15 heavy (non-hydrogen) atoms. The molecule has 0 aliphatic rings. The summed E-state index contributed by atoms with van der Waals surface area (Å²) in [5, 5.41) is 1.84. The fraction of sp³-hybridized carbons (Fsp3) is 0. The molecule has 74 valence electrons. The van der Waals surface area contributed by atoms with Crippen LogP contribution in [-0.4, -0.2) is 15.0 Å². The van der Waals surface area contributed by atoms with Crippen molar-refractivity contribution in [1.82, 2.24) is 15.0 Å². The van der Waals surface area contributed by atoms with Gasteiger partial charge >= 0.3 is 0 Å². The first-order valence-corrected chi connectivity index (χ1v) is 4.98. The minimum Gasteiger partial charge on any atom is -0.360 e. The molecule has 3 aromatic rings. The average Bonchev–Trinajstić information content (AvgIpc) is 2.83. The number of aromatic nitrogens is 3. The van der Waals surface area contributed by atoms with Gasteiger partial charge in [-0.1, -0.05) is 11.6 Å². The van der Waals surface area contributed by atoms with E-state index in [0.29, 0.717) is 0 Å². The summed E-state index contributed by atoms with van der Waals surface area (Å²) in [7, 11) is 0. The lowest BCUT2D eigenvalue weighted by Gasteiger charge is -1.95. The van der Waals surface area contributed by atoms with Crippen LogP contribution >= 0.6 is 11.6 Å². The molecule has 0 atom stereocenters. The van der Waals surface area contributed by atoms with Crippen LogP contribution in [0.3, 0.4) is 0 Å². The standard InChI is InChI=1S/C11H8ClN3/c12-7-1-2-10-8(3-7)9(4-14-10)11-5-13-6-15-11/h1-6,14H,(H,13,15). The molecule has 0 radical (unpaired) electrons. The minimum atomic E-state index is 0.739. The quantitative estimate of drug-likeness (QED) is 0.646. The maximum atomic E-state index is 5.97. The predicted octanol–water partition coefficient (Wildman–Crippen LogP) is 3.21. The van der Waals surface area contributed by atoms with Crippen LogP contribution in [-0.2, 0) is 0 Å². The van der Waals surface area contributed by atoms with Gasteiger partial charge in [0, 0.05) is 27.7 Å². The Morgan fingerprint density at radius 3 is 2.93 bits per heavy atom. The number of imidazole rings is 1. The summed E-state index contributed by atoms with van der Waals surface area (Å²) in [6, 6.07) is 5.79. The summed E-state index contributed by atoms with van der Waals surface area (Å²) in [6.07, 6.45) is 5.41. The topological polar surface area (TPSA) is 44.5 Å².